The third-order valence-corrected chi connectivity index (χ3v) is 5.68. The number of rotatable bonds is 4. The van der Waals surface area contributed by atoms with Crippen molar-refractivity contribution >= 4 is 59.4 Å². The van der Waals surface area contributed by atoms with Gasteiger partial charge in [0.25, 0.3) is 0 Å². The lowest BCUT2D eigenvalue weighted by Crippen LogP contribution is -2.25. The number of nitrogens with zero attached hydrogens (tertiary/aromatic N) is 5. The molecule has 2 heterocycles. The van der Waals surface area contributed by atoms with Gasteiger partial charge in [0.2, 0.25) is 10.4 Å². The Kier molecular flexibility index (Phi) is 6.41. The van der Waals surface area contributed by atoms with Gasteiger partial charge in [-0.05, 0) is 46.8 Å². The molecule has 0 saturated carbocycles. The molecule has 4 rings (SSSR count). The zero-order chi connectivity index (χ0) is 21.9. The van der Waals surface area contributed by atoms with E-state index in [4.69, 9.17) is 0 Å². The Morgan fingerprint density at radius 2 is 1.87 bits per heavy atom. The van der Waals surface area contributed by atoms with E-state index in [2.05, 4.69) is 46.2 Å². The summed E-state index contributed by atoms with van der Waals surface area (Å²) in [5, 5.41) is 17.8. The molecule has 0 saturated heterocycles. The predicted molar refractivity (Wildman–Crippen MR) is 114 cm³/mol. The largest absolute Gasteiger partial charge is 0.726 e. The van der Waals surface area contributed by atoms with Gasteiger partial charge in [0.1, 0.15) is 11.2 Å². The van der Waals surface area contributed by atoms with Crippen molar-refractivity contribution in [2.24, 2.45) is 17.3 Å². The van der Waals surface area contributed by atoms with Crippen LogP contribution in [0, 0.1) is 0 Å². The van der Waals surface area contributed by atoms with E-state index < -0.39 is 10.4 Å². The second-order valence-electron chi connectivity index (χ2n) is 6.41. The Balaban J connectivity index is 0.000000377. The van der Waals surface area contributed by atoms with Crippen LogP contribution in [-0.4, -0.2) is 44.4 Å². The molecule has 0 bridgehead atoms. The summed E-state index contributed by atoms with van der Waals surface area (Å²) in [4.78, 5) is 2.06. The summed E-state index contributed by atoms with van der Waals surface area (Å²) < 4.78 is 34.2. The number of anilines is 1. The molecule has 0 radical (unpaired) electrons. The van der Waals surface area contributed by atoms with Crippen LogP contribution in [0.5, 0.6) is 0 Å². The van der Waals surface area contributed by atoms with Crippen molar-refractivity contribution in [2.45, 2.75) is 0 Å². The van der Waals surface area contributed by atoms with Crippen molar-refractivity contribution in [3.63, 3.8) is 0 Å². The molecule has 30 heavy (non-hydrogen) atoms. The van der Waals surface area contributed by atoms with Gasteiger partial charge in [-0.15, -0.1) is 0 Å². The molecular weight excluding hydrogens is 428 g/mol. The predicted octanol–water partition coefficient (Wildman–Crippen LogP) is 3.18. The summed E-state index contributed by atoms with van der Waals surface area (Å²) in [7, 11) is 2.44. The van der Waals surface area contributed by atoms with Gasteiger partial charge < -0.3 is 9.45 Å². The number of nitrogens with one attached hydrogen (secondary N) is 1. The highest BCUT2D eigenvalue weighted by Gasteiger charge is 2.17. The van der Waals surface area contributed by atoms with Crippen LogP contribution in [0.3, 0.4) is 0 Å². The highest BCUT2D eigenvalue weighted by atomic mass is 32.3. The smallest absolute Gasteiger partial charge is 0.409 e. The number of hydrogen-bond acceptors (Lipinski definition) is 9. The maximum absolute atomic E-state index is 9.22. The standard InChI is InChI=1S/C17H17N6S.CH4O4S/c1-22(2)13-6-4-12(5-7-13)19-21-17-23(3)15-9-14-11(10-18-20-14)8-16(15)24-17;1-5-6(2,3)4/h4-10H,1-3H3,(H,18,20);1H3,(H,2,3,4)/q+1;/p-1. The van der Waals surface area contributed by atoms with Crippen LogP contribution in [0.25, 0.3) is 21.1 Å². The van der Waals surface area contributed by atoms with Crippen molar-refractivity contribution in [3.8, 4) is 0 Å². The maximum Gasteiger partial charge on any atom is 0.409 e. The molecule has 0 aliphatic heterocycles. The Hall–Kier alpha value is -2.93. The second kappa shape index (κ2) is 8.83. The Labute approximate surface area is 177 Å². The average Bonchev–Trinajstić information content (AvgIpc) is 3.29. The average molecular weight is 449 g/mol. The molecule has 0 fully saturated rings. The molecular formula is C18H20N6O4S2. The van der Waals surface area contributed by atoms with Crippen LogP contribution in [0.2, 0.25) is 0 Å². The number of hydrogen-bond donors (Lipinski definition) is 1. The molecule has 0 spiro atoms. The zero-order valence-corrected chi connectivity index (χ0v) is 18.4. The van der Waals surface area contributed by atoms with E-state index in [1.54, 1.807) is 11.3 Å². The zero-order valence-electron chi connectivity index (χ0n) is 16.7. The maximum atomic E-state index is 9.22. The Morgan fingerprint density at radius 1 is 1.20 bits per heavy atom. The van der Waals surface area contributed by atoms with Gasteiger partial charge in [0.05, 0.1) is 35.7 Å². The van der Waals surface area contributed by atoms with E-state index in [1.807, 2.05) is 51.6 Å². The second-order valence-corrected chi connectivity index (χ2v) is 8.57. The molecule has 0 unspecified atom stereocenters. The molecule has 4 aromatic rings. The Morgan fingerprint density at radius 3 is 2.47 bits per heavy atom. The minimum Gasteiger partial charge on any atom is -0.726 e. The molecule has 0 atom stereocenters. The molecule has 158 valence electrons. The monoisotopic (exact) mass is 448 g/mol. The van der Waals surface area contributed by atoms with E-state index in [0.717, 1.165) is 40.0 Å². The SMILES string of the molecule is CN(C)c1ccc(/N=N/c2sc3cc4cn[nH]c4cc3[n+]2C)cc1.COS(=O)(=O)[O-]. The summed E-state index contributed by atoms with van der Waals surface area (Å²) in [6.07, 6.45) is 1.84. The number of H-pyrrole nitrogens is 1. The van der Waals surface area contributed by atoms with E-state index in [0.29, 0.717) is 0 Å². The lowest BCUT2D eigenvalue weighted by Gasteiger charge is -2.11. The van der Waals surface area contributed by atoms with E-state index in [9.17, 15) is 13.0 Å². The molecule has 10 nitrogen and oxygen atoms in total. The molecule has 0 aliphatic carbocycles. The third-order valence-electron chi connectivity index (χ3n) is 4.19. The van der Waals surface area contributed by atoms with Gasteiger partial charge in [0.15, 0.2) is 0 Å². The Bertz CT molecular complexity index is 1290. The summed E-state index contributed by atoms with van der Waals surface area (Å²) in [6.45, 7) is 0. The topological polar surface area (TPSA) is 127 Å². The number of benzene rings is 2. The van der Waals surface area contributed by atoms with Gasteiger partial charge in [-0.25, -0.2) is 13.0 Å². The van der Waals surface area contributed by atoms with Crippen LogP contribution in [0.4, 0.5) is 16.5 Å². The van der Waals surface area contributed by atoms with Gasteiger partial charge in [-0.3, -0.25) is 9.28 Å². The van der Waals surface area contributed by atoms with Crippen LogP contribution in [0.15, 0.2) is 52.8 Å². The molecule has 2 aromatic heterocycles. The fourth-order valence-electron chi connectivity index (χ4n) is 2.58. The van der Waals surface area contributed by atoms with E-state index >= 15 is 0 Å². The van der Waals surface area contributed by atoms with Gasteiger partial charge in [0, 0.05) is 31.2 Å². The molecule has 2 aromatic carbocycles. The first-order chi connectivity index (χ1) is 14.2. The van der Waals surface area contributed by atoms with Crippen molar-refractivity contribution in [1.82, 2.24) is 10.2 Å². The quantitative estimate of drug-likeness (QED) is 0.221. The van der Waals surface area contributed by atoms with Crippen molar-refractivity contribution in [2.75, 3.05) is 26.1 Å². The number of azo groups is 1. The van der Waals surface area contributed by atoms with Gasteiger partial charge in [-0.2, -0.15) is 5.10 Å². The normalized spacial score (nSPS) is 11.8. The number of fused-ring (bicyclic) bond motifs is 2. The van der Waals surface area contributed by atoms with Crippen molar-refractivity contribution < 1.29 is 21.7 Å². The van der Waals surface area contributed by atoms with Gasteiger partial charge in [-0.1, -0.05) is 0 Å². The summed E-state index contributed by atoms with van der Waals surface area (Å²) in [5.74, 6) is 0. The lowest BCUT2D eigenvalue weighted by molar-refractivity contribution is -0.627. The molecule has 0 aliphatic rings. The van der Waals surface area contributed by atoms with Crippen molar-refractivity contribution in [1.29, 1.82) is 0 Å². The van der Waals surface area contributed by atoms with Crippen LogP contribution in [-0.2, 0) is 21.6 Å². The first-order valence-corrected chi connectivity index (χ1v) is 10.8. The first kappa shape index (κ1) is 21.8. The number of aromatic amines is 1. The van der Waals surface area contributed by atoms with E-state index in [1.165, 1.54) is 4.70 Å². The van der Waals surface area contributed by atoms with Crippen LogP contribution in [0.1, 0.15) is 0 Å². The summed E-state index contributed by atoms with van der Waals surface area (Å²) in [5.41, 5.74) is 4.13. The first-order valence-electron chi connectivity index (χ1n) is 8.64. The molecule has 0 amide bonds. The molecule has 12 heteroatoms. The number of thiazole rings is 1. The summed E-state index contributed by atoms with van der Waals surface area (Å²) >= 11 is 1.62. The highest BCUT2D eigenvalue weighted by Crippen LogP contribution is 2.30. The number of aryl methyl sites for hydroxylation is 1. The van der Waals surface area contributed by atoms with E-state index in [-0.39, 0.29) is 0 Å². The third kappa shape index (κ3) is 5.16. The summed E-state index contributed by atoms with van der Waals surface area (Å²) in [6, 6.07) is 12.2. The molecule has 1 N–H and O–H groups in total. The van der Waals surface area contributed by atoms with Crippen molar-refractivity contribution in [3.05, 3.63) is 42.6 Å². The minimum absolute atomic E-state index is 0.808. The fraction of sp³-hybridized carbons (Fsp3) is 0.222. The number of aromatic nitrogens is 3. The van der Waals surface area contributed by atoms with Crippen LogP contribution >= 0.6 is 11.3 Å². The highest BCUT2D eigenvalue weighted by molar-refractivity contribution is 7.80. The fourth-order valence-corrected chi connectivity index (χ4v) is 3.58. The van der Waals surface area contributed by atoms with Gasteiger partial charge >= 0.3 is 5.13 Å². The van der Waals surface area contributed by atoms with Crippen LogP contribution < -0.4 is 9.47 Å². The minimum atomic E-state index is -4.41. The lowest BCUT2D eigenvalue weighted by atomic mass is 10.2.